The largest absolute Gasteiger partial charge is 0.394 e. The zero-order chi connectivity index (χ0) is 47.2. The Bertz CT molecular complexity index is 1010. The van der Waals surface area contributed by atoms with Gasteiger partial charge in [-0.1, -0.05) is 301 Å². The summed E-state index contributed by atoms with van der Waals surface area (Å²) in [7, 11) is 0. The van der Waals surface area contributed by atoms with Gasteiger partial charge < -0.3 is 20.6 Å². The number of allylic oxidation sites excluding steroid dienone is 5. The summed E-state index contributed by atoms with van der Waals surface area (Å²) in [5.41, 5.74) is 0. The Morgan fingerprint density at radius 2 is 0.662 bits per heavy atom. The summed E-state index contributed by atoms with van der Waals surface area (Å²) in [5, 5.41) is 33.3. The van der Waals surface area contributed by atoms with Crippen LogP contribution in [0, 0.1) is 0 Å². The summed E-state index contributed by atoms with van der Waals surface area (Å²) in [4.78, 5) is 12.5. The van der Waals surface area contributed by atoms with Gasteiger partial charge in [0.2, 0.25) is 5.91 Å². The molecule has 0 saturated carbocycles. The Hall–Kier alpha value is -1.43. The number of hydrogen-bond donors (Lipinski definition) is 4. The Morgan fingerprint density at radius 3 is 0.985 bits per heavy atom. The summed E-state index contributed by atoms with van der Waals surface area (Å²) in [6.45, 7) is 4.21. The molecule has 0 aromatic rings. The minimum atomic E-state index is -0.958. The smallest absolute Gasteiger partial charge is 0.222 e. The minimum Gasteiger partial charge on any atom is -0.394 e. The van der Waals surface area contributed by atoms with Crippen LogP contribution in [-0.2, 0) is 4.79 Å². The molecule has 0 fully saturated rings. The third-order valence-electron chi connectivity index (χ3n) is 13.7. The predicted molar refractivity (Wildman–Crippen MR) is 287 cm³/mol. The van der Waals surface area contributed by atoms with Crippen LogP contribution < -0.4 is 5.32 Å². The number of rotatable bonds is 54. The van der Waals surface area contributed by atoms with Crippen LogP contribution in [0.3, 0.4) is 0 Å². The molecule has 0 aliphatic carbocycles. The number of carbonyl (C=O) groups is 1. The molecule has 0 aromatic heterocycles. The molecule has 4 N–H and O–H groups in total. The highest BCUT2D eigenvalue weighted by molar-refractivity contribution is 5.76. The second-order valence-electron chi connectivity index (χ2n) is 20.2. The number of aliphatic hydroxyl groups is 3. The molecule has 0 saturated heterocycles. The van der Waals surface area contributed by atoms with E-state index in [0.29, 0.717) is 6.42 Å². The number of aliphatic hydroxyl groups excluding tert-OH is 3. The van der Waals surface area contributed by atoms with Gasteiger partial charge in [0.25, 0.3) is 0 Å². The summed E-state index contributed by atoms with van der Waals surface area (Å²) in [6, 6.07) is -0.766. The molecule has 384 valence electrons. The highest BCUT2D eigenvalue weighted by Crippen LogP contribution is 2.18. The standard InChI is InChI=1S/C60H115NO4/c1-3-5-7-9-11-13-15-17-19-20-21-22-23-24-25-26-27-28-29-30-31-32-33-34-35-36-37-38-40-41-43-45-47-49-51-53-57(63)55-60(65)61-58(56-62)59(64)54-52-50-48-46-44-42-39-18-16-14-12-10-8-6-4-2/h16,18,44,46,52,54,57-59,62-64H,3-15,17,19-43,45,47-51,53,55-56H2,1-2H3,(H,61,65)/b18-16+,46-44+,54-52+. The fourth-order valence-electron chi connectivity index (χ4n) is 9.20. The van der Waals surface area contributed by atoms with Gasteiger partial charge in [-0.25, -0.2) is 0 Å². The normalized spacial score (nSPS) is 13.5. The van der Waals surface area contributed by atoms with Crippen molar-refractivity contribution in [2.45, 2.75) is 334 Å². The van der Waals surface area contributed by atoms with E-state index in [0.717, 1.165) is 38.5 Å². The van der Waals surface area contributed by atoms with E-state index in [1.54, 1.807) is 6.08 Å². The van der Waals surface area contributed by atoms with E-state index in [-0.39, 0.29) is 18.9 Å². The van der Waals surface area contributed by atoms with E-state index in [2.05, 4.69) is 43.5 Å². The van der Waals surface area contributed by atoms with Crippen molar-refractivity contribution in [3.05, 3.63) is 36.5 Å². The van der Waals surface area contributed by atoms with E-state index in [1.807, 2.05) is 6.08 Å². The van der Waals surface area contributed by atoms with Gasteiger partial charge in [0.05, 0.1) is 31.3 Å². The van der Waals surface area contributed by atoms with Crippen molar-refractivity contribution in [2.24, 2.45) is 0 Å². The van der Waals surface area contributed by atoms with Crippen molar-refractivity contribution in [3.8, 4) is 0 Å². The van der Waals surface area contributed by atoms with E-state index in [9.17, 15) is 20.1 Å². The number of unbranched alkanes of at least 4 members (excludes halogenated alkanes) is 41. The van der Waals surface area contributed by atoms with Crippen LogP contribution in [0.25, 0.3) is 0 Å². The molecule has 0 aliphatic rings. The van der Waals surface area contributed by atoms with E-state index < -0.39 is 18.2 Å². The third-order valence-corrected chi connectivity index (χ3v) is 13.7. The van der Waals surface area contributed by atoms with Gasteiger partial charge in [-0.05, 0) is 44.9 Å². The van der Waals surface area contributed by atoms with E-state index in [1.165, 1.54) is 250 Å². The van der Waals surface area contributed by atoms with Crippen molar-refractivity contribution in [1.82, 2.24) is 5.32 Å². The first-order chi connectivity index (χ1) is 32.0. The number of nitrogens with one attached hydrogen (secondary N) is 1. The average Bonchev–Trinajstić information content (AvgIpc) is 3.30. The molecular formula is C60H115NO4. The molecule has 0 rings (SSSR count). The molecular weight excluding hydrogens is 799 g/mol. The van der Waals surface area contributed by atoms with E-state index in [4.69, 9.17) is 0 Å². The van der Waals surface area contributed by atoms with Crippen LogP contribution in [0.2, 0.25) is 0 Å². The molecule has 5 nitrogen and oxygen atoms in total. The Kier molecular flexibility index (Phi) is 54.0. The Balaban J connectivity index is 3.47. The van der Waals surface area contributed by atoms with Gasteiger partial charge in [0.1, 0.15) is 0 Å². The van der Waals surface area contributed by atoms with E-state index >= 15 is 0 Å². The van der Waals surface area contributed by atoms with Crippen LogP contribution >= 0.6 is 0 Å². The fraction of sp³-hybridized carbons (Fsp3) is 0.883. The Morgan fingerprint density at radius 1 is 0.385 bits per heavy atom. The van der Waals surface area contributed by atoms with Gasteiger partial charge >= 0.3 is 0 Å². The fourth-order valence-corrected chi connectivity index (χ4v) is 9.20. The minimum absolute atomic E-state index is 0.00550. The lowest BCUT2D eigenvalue weighted by atomic mass is 10.0. The maximum Gasteiger partial charge on any atom is 0.222 e. The molecule has 3 atom stereocenters. The summed E-state index contributed by atoms with van der Waals surface area (Å²) < 4.78 is 0. The summed E-state index contributed by atoms with van der Waals surface area (Å²) in [6.07, 6.45) is 72.2. The topological polar surface area (TPSA) is 89.8 Å². The molecule has 0 bridgehead atoms. The van der Waals surface area contributed by atoms with Crippen molar-refractivity contribution in [2.75, 3.05) is 6.61 Å². The zero-order valence-electron chi connectivity index (χ0n) is 43.9. The van der Waals surface area contributed by atoms with Crippen molar-refractivity contribution in [3.63, 3.8) is 0 Å². The van der Waals surface area contributed by atoms with Gasteiger partial charge in [-0.2, -0.15) is 0 Å². The van der Waals surface area contributed by atoms with Crippen LogP contribution in [0.15, 0.2) is 36.5 Å². The monoisotopic (exact) mass is 914 g/mol. The molecule has 65 heavy (non-hydrogen) atoms. The third kappa shape index (κ3) is 51.8. The van der Waals surface area contributed by atoms with Gasteiger partial charge in [0, 0.05) is 0 Å². The van der Waals surface area contributed by atoms with Crippen molar-refractivity contribution in [1.29, 1.82) is 0 Å². The molecule has 5 heteroatoms. The van der Waals surface area contributed by atoms with Crippen LogP contribution in [0.5, 0.6) is 0 Å². The SMILES string of the molecule is CCCCCCC/C=C/CC/C=C/CC/C=C/C(O)C(CO)NC(=O)CC(O)CCCCCCCCCCCCCCCCCCCCCCCCCCCCCCCCCCCCC. The van der Waals surface area contributed by atoms with Crippen molar-refractivity contribution < 1.29 is 20.1 Å². The van der Waals surface area contributed by atoms with Crippen LogP contribution in [-0.4, -0.2) is 46.1 Å². The lowest BCUT2D eigenvalue weighted by Gasteiger charge is -2.21. The van der Waals surface area contributed by atoms with Gasteiger partial charge in [-0.15, -0.1) is 0 Å². The lowest BCUT2D eigenvalue weighted by molar-refractivity contribution is -0.124. The van der Waals surface area contributed by atoms with Crippen LogP contribution in [0.1, 0.15) is 316 Å². The molecule has 0 aliphatic heterocycles. The first kappa shape index (κ1) is 63.6. The van der Waals surface area contributed by atoms with Crippen LogP contribution in [0.4, 0.5) is 0 Å². The second kappa shape index (κ2) is 55.2. The average molecular weight is 915 g/mol. The highest BCUT2D eigenvalue weighted by atomic mass is 16.3. The molecule has 0 spiro atoms. The first-order valence-electron chi connectivity index (χ1n) is 29.3. The first-order valence-corrected chi connectivity index (χ1v) is 29.3. The lowest BCUT2D eigenvalue weighted by Crippen LogP contribution is -2.45. The van der Waals surface area contributed by atoms with Gasteiger partial charge in [0.15, 0.2) is 0 Å². The summed E-state index contributed by atoms with van der Waals surface area (Å²) in [5.74, 6) is -0.325. The maximum atomic E-state index is 12.5. The zero-order valence-corrected chi connectivity index (χ0v) is 43.9. The second-order valence-corrected chi connectivity index (χ2v) is 20.2. The highest BCUT2D eigenvalue weighted by Gasteiger charge is 2.20. The Labute approximate surface area is 406 Å². The molecule has 1 amide bonds. The molecule has 3 unspecified atom stereocenters. The van der Waals surface area contributed by atoms with Crippen molar-refractivity contribution >= 4 is 5.91 Å². The number of hydrogen-bond acceptors (Lipinski definition) is 4. The van der Waals surface area contributed by atoms with Gasteiger partial charge in [-0.3, -0.25) is 4.79 Å². The maximum absolute atomic E-state index is 12.5. The predicted octanol–water partition coefficient (Wildman–Crippen LogP) is 18.2. The molecule has 0 heterocycles. The number of carbonyl (C=O) groups excluding carboxylic acids is 1. The molecule has 0 aromatic carbocycles. The number of amides is 1. The summed E-state index contributed by atoms with van der Waals surface area (Å²) >= 11 is 0. The quantitative estimate of drug-likeness (QED) is 0.0361. The molecule has 0 radical (unpaired) electrons.